The van der Waals surface area contributed by atoms with Crippen molar-refractivity contribution in [1.29, 1.82) is 0 Å². The lowest BCUT2D eigenvalue weighted by molar-refractivity contribution is -0.135. The van der Waals surface area contributed by atoms with Crippen LogP contribution in [0.3, 0.4) is 0 Å². The SMILES string of the molecule is C=CCN(CCC)C(=O)C1CC2CC2C1. The van der Waals surface area contributed by atoms with Gasteiger partial charge in [-0.25, -0.2) is 0 Å². The molecule has 0 heterocycles. The first-order chi connectivity index (χ1) is 7.26. The van der Waals surface area contributed by atoms with Crippen molar-refractivity contribution >= 4 is 5.91 Å². The van der Waals surface area contributed by atoms with Crippen LogP contribution in [0.15, 0.2) is 12.7 Å². The molecule has 0 radical (unpaired) electrons. The Morgan fingerprint density at radius 3 is 2.60 bits per heavy atom. The van der Waals surface area contributed by atoms with E-state index < -0.39 is 0 Å². The van der Waals surface area contributed by atoms with Crippen LogP contribution >= 0.6 is 0 Å². The quantitative estimate of drug-likeness (QED) is 0.634. The van der Waals surface area contributed by atoms with Gasteiger partial charge < -0.3 is 4.90 Å². The molecular formula is C13H21NO. The Kier molecular flexibility index (Phi) is 3.13. The number of carbonyl (C=O) groups is 1. The second kappa shape index (κ2) is 4.38. The third kappa shape index (κ3) is 2.24. The average Bonchev–Trinajstić information content (AvgIpc) is 2.84. The standard InChI is InChI=1S/C13H21NO/c1-3-5-14(6-4-2)13(15)12-8-10-7-11(10)9-12/h3,10-12H,1,4-9H2,2H3. The smallest absolute Gasteiger partial charge is 0.225 e. The molecule has 0 aromatic heterocycles. The molecule has 0 spiro atoms. The van der Waals surface area contributed by atoms with Crippen molar-refractivity contribution in [3.05, 3.63) is 12.7 Å². The van der Waals surface area contributed by atoms with Crippen LogP contribution in [-0.2, 0) is 4.79 Å². The Bertz CT molecular complexity index is 251. The fraction of sp³-hybridized carbons (Fsp3) is 0.769. The van der Waals surface area contributed by atoms with Crippen molar-refractivity contribution in [3.8, 4) is 0 Å². The van der Waals surface area contributed by atoms with Crippen molar-refractivity contribution < 1.29 is 4.79 Å². The Morgan fingerprint density at radius 1 is 1.40 bits per heavy atom. The molecule has 2 rings (SSSR count). The third-order valence-corrected chi connectivity index (χ3v) is 3.75. The van der Waals surface area contributed by atoms with Gasteiger partial charge in [0, 0.05) is 19.0 Å². The maximum Gasteiger partial charge on any atom is 0.225 e. The van der Waals surface area contributed by atoms with Gasteiger partial charge in [0.25, 0.3) is 0 Å². The summed E-state index contributed by atoms with van der Waals surface area (Å²) in [5.74, 6) is 2.50. The molecule has 2 aliphatic carbocycles. The molecule has 2 fully saturated rings. The predicted octanol–water partition coefficient (Wildman–Crippen LogP) is 2.46. The van der Waals surface area contributed by atoms with Gasteiger partial charge in [0.2, 0.25) is 5.91 Å². The second-order valence-electron chi connectivity index (χ2n) is 5.00. The fourth-order valence-electron chi connectivity index (χ4n) is 2.89. The number of nitrogens with zero attached hydrogens (tertiary/aromatic N) is 1. The first-order valence-electron chi connectivity index (χ1n) is 6.16. The summed E-state index contributed by atoms with van der Waals surface area (Å²) in [6.07, 6.45) is 6.57. The van der Waals surface area contributed by atoms with E-state index >= 15 is 0 Å². The minimum atomic E-state index is 0.334. The molecule has 84 valence electrons. The van der Waals surface area contributed by atoms with Gasteiger partial charge in [-0.3, -0.25) is 4.79 Å². The molecule has 0 N–H and O–H groups in total. The highest BCUT2D eigenvalue weighted by molar-refractivity contribution is 5.79. The maximum atomic E-state index is 12.2. The zero-order valence-corrected chi connectivity index (χ0v) is 9.61. The molecule has 0 aliphatic heterocycles. The molecule has 15 heavy (non-hydrogen) atoms. The van der Waals surface area contributed by atoms with Gasteiger partial charge in [0.1, 0.15) is 0 Å². The normalized spacial score (nSPS) is 32.2. The zero-order valence-electron chi connectivity index (χ0n) is 9.61. The minimum absolute atomic E-state index is 0.334. The first kappa shape index (κ1) is 10.7. The van der Waals surface area contributed by atoms with Crippen LogP contribution in [0.2, 0.25) is 0 Å². The summed E-state index contributed by atoms with van der Waals surface area (Å²) in [5.41, 5.74) is 0. The van der Waals surface area contributed by atoms with Crippen molar-refractivity contribution in [3.63, 3.8) is 0 Å². The van der Waals surface area contributed by atoms with E-state index in [9.17, 15) is 4.79 Å². The van der Waals surface area contributed by atoms with E-state index in [4.69, 9.17) is 0 Å². The van der Waals surface area contributed by atoms with Gasteiger partial charge >= 0.3 is 0 Å². The van der Waals surface area contributed by atoms with Crippen LogP contribution in [-0.4, -0.2) is 23.9 Å². The number of hydrogen-bond donors (Lipinski definition) is 0. The van der Waals surface area contributed by atoms with E-state index in [0.717, 1.165) is 44.2 Å². The van der Waals surface area contributed by atoms with Crippen molar-refractivity contribution in [1.82, 2.24) is 4.90 Å². The Balaban J connectivity index is 1.88. The van der Waals surface area contributed by atoms with Crippen LogP contribution in [0.4, 0.5) is 0 Å². The molecule has 2 atom stereocenters. The van der Waals surface area contributed by atoms with Gasteiger partial charge in [-0.15, -0.1) is 6.58 Å². The summed E-state index contributed by atoms with van der Waals surface area (Å²) in [6, 6.07) is 0. The topological polar surface area (TPSA) is 20.3 Å². The number of rotatable bonds is 5. The second-order valence-corrected chi connectivity index (χ2v) is 5.00. The molecule has 2 heteroatoms. The van der Waals surface area contributed by atoms with E-state index in [1.807, 2.05) is 11.0 Å². The number of amides is 1. The van der Waals surface area contributed by atoms with E-state index in [0.29, 0.717) is 11.8 Å². The Labute approximate surface area is 92.3 Å². The highest BCUT2D eigenvalue weighted by Crippen LogP contribution is 2.54. The summed E-state index contributed by atoms with van der Waals surface area (Å²) in [5, 5.41) is 0. The molecule has 2 aliphatic rings. The third-order valence-electron chi connectivity index (χ3n) is 3.75. The molecule has 0 bridgehead atoms. The minimum Gasteiger partial charge on any atom is -0.339 e. The lowest BCUT2D eigenvalue weighted by atomic mass is 10.0. The highest BCUT2D eigenvalue weighted by Gasteiger charge is 2.48. The van der Waals surface area contributed by atoms with Gasteiger partial charge in [-0.2, -0.15) is 0 Å². The summed E-state index contributed by atoms with van der Waals surface area (Å²) >= 11 is 0. The van der Waals surface area contributed by atoms with E-state index in [1.54, 1.807) is 0 Å². The van der Waals surface area contributed by atoms with Crippen molar-refractivity contribution in [2.24, 2.45) is 17.8 Å². The number of hydrogen-bond acceptors (Lipinski definition) is 1. The van der Waals surface area contributed by atoms with E-state index in [-0.39, 0.29) is 0 Å². The molecule has 0 saturated heterocycles. The average molecular weight is 207 g/mol. The Morgan fingerprint density at radius 2 is 2.07 bits per heavy atom. The predicted molar refractivity (Wildman–Crippen MR) is 61.4 cm³/mol. The van der Waals surface area contributed by atoms with Crippen LogP contribution in [0, 0.1) is 17.8 Å². The monoisotopic (exact) mass is 207 g/mol. The number of carbonyl (C=O) groups excluding carboxylic acids is 1. The molecule has 0 aromatic carbocycles. The van der Waals surface area contributed by atoms with Crippen LogP contribution in [0.25, 0.3) is 0 Å². The molecule has 2 nitrogen and oxygen atoms in total. The zero-order chi connectivity index (χ0) is 10.8. The summed E-state index contributed by atoms with van der Waals surface area (Å²) < 4.78 is 0. The maximum absolute atomic E-state index is 12.2. The molecule has 0 aromatic rings. The highest BCUT2D eigenvalue weighted by atomic mass is 16.2. The number of fused-ring (bicyclic) bond motifs is 1. The van der Waals surface area contributed by atoms with Crippen molar-refractivity contribution in [2.45, 2.75) is 32.6 Å². The van der Waals surface area contributed by atoms with E-state index in [2.05, 4.69) is 13.5 Å². The lowest BCUT2D eigenvalue weighted by Gasteiger charge is -2.24. The summed E-state index contributed by atoms with van der Waals surface area (Å²) in [4.78, 5) is 14.1. The van der Waals surface area contributed by atoms with Gasteiger partial charge in [0.05, 0.1) is 0 Å². The van der Waals surface area contributed by atoms with E-state index in [1.165, 1.54) is 6.42 Å². The largest absolute Gasteiger partial charge is 0.339 e. The molecular weight excluding hydrogens is 186 g/mol. The van der Waals surface area contributed by atoms with Crippen LogP contribution in [0.1, 0.15) is 32.6 Å². The van der Waals surface area contributed by atoms with Gasteiger partial charge in [-0.05, 0) is 37.5 Å². The van der Waals surface area contributed by atoms with Gasteiger partial charge in [-0.1, -0.05) is 13.0 Å². The van der Waals surface area contributed by atoms with Gasteiger partial charge in [0.15, 0.2) is 0 Å². The molecule has 2 unspecified atom stereocenters. The van der Waals surface area contributed by atoms with Crippen LogP contribution in [0.5, 0.6) is 0 Å². The lowest BCUT2D eigenvalue weighted by Crippen LogP contribution is -2.36. The van der Waals surface area contributed by atoms with Crippen LogP contribution < -0.4 is 0 Å². The first-order valence-corrected chi connectivity index (χ1v) is 6.16. The summed E-state index contributed by atoms with van der Waals surface area (Å²) in [6.45, 7) is 7.45. The Hall–Kier alpha value is -0.790. The fourth-order valence-corrected chi connectivity index (χ4v) is 2.89. The van der Waals surface area contributed by atoms with Crippen molar-refractivity contribution in [2.75, 3.05) is 13.1 Å². The molecule has 1 amide bonds. The summed E-state index contributed by atoms with van der Waals surface area (Å²) in [7, 11) is 0. The molecule has 2 saturated carbocycles.